The normalized spacial score (nSPS) is 10.7. The molecule has 0 saturated carbocycles. The van der Waals surface area contributed by atoms with Gasteiger partial charge in [-0.1, -0.05) is 35.8 Å². The molecular weight excluding hydrogens is 443 g/mol. The number of nitrogens with zero attached hydrogens (tertiary/aromatic N) is 3. The van der Waals surface area contributed by atoms with Crippen molar-refractivity contribution in [3.63, 3.8) is 0 Å². The molecule has 0 saturated heterocycles. The van der Waals surface area contributed by atoms with Crippen LogP contribution < -0.4 is 10.7 Å². The van der Waals surface area contributed by atoms with Crippen LogP contribution in [-0.4, -0.2) is 31.3 Å². The van der Waals surface area contributed by atoms with E-state index in [1.807, 2.05) is 6.92 Å². The van der Waals surface area contributed by atoms with E-state index in [2.05, 4.69) is 17.0 Å². The number of anilines is 1. The summed E-state index contributed by atoms with van der Waals surface area (Å²) in [4.78, 5) is 36.1. The summed E-state index contributed by atoms with van der Waals surface area (Å²) in [6.45, 7) is 5.77. The van der Waals surface area contributed by atoms with Gasteiger partial charge in [-0.3, -0.25) is 14.3 Å². The molecule has 3 rings (SSSR count). The van der Waals surface area contributed by atoms with Crippen LogP contribution in [0.5, 0.6) is 0 Å². The van der Waals surface area contributed by atoms with Gasteiger partial charge in [0.05, 0.1) is 22.3 Å². The molecule has 0 atom stereocenters. The second kappa shape index (κ2) is 9.20. The molecule has 31 heavy (non-hydrogen) atoms. The van der Waals surface area contributed by atoms with Crippen LogP contribution in [0.15, 0.2) is 54.0 Å². The maximum atomic E-state index is 12.7. The molecule has 1 aromatic carbocycles. The first-order chi connectivity index (χ1) is 14.7. The molecule has 10 heteroatoms. The van der Waals surface area contributed by atoms with Crippen LogP contribution >= 0.6 is 23.2 Å². The maximum absolute atomic E-state index is 12.7. The number of halogens is 2. The SMILES string of the molecule is C=CC(=O)Nc1ccn(Cc2cc(=O)c(C(=O)O)c(-c3ccc(Cl)c(Cl)c3)n2CC)n1. The van der Waals surface area contributed by atoms with Gasteiger partial charge >= 0.3 is 5.97 Å². The largest absolute Gasteiger partial charge is 0.477 e. The fourth-order valence-corrected chi connectivity index (χ4v) is 3.50. The summed E-state index contributed by atoms with van der Waals surface area (Å²) in [7, 11) is 0. The Hall–Kier alpha value is -3.36. The average molecular weight is 461 g/mol. The van der Waals surface area contributed by atoms with E-state index < -0.39 is 17.3 Å². The topological polar surface area (TPSA) is 106 Å². The number of carboxylic acid groups (broad SMARTS) is 1. The van der Waals surface area contributed by atoms with Crippen molar-refractivity contribution in [3.05, 3.63) is 80.7 Å². The summed E-state index contributed by atoms with van der Waals surface area (Å²) in [5.74, 6) is -1.42. The van der Waals surface area contributed by atoms with Crippen molar-refractivity contribution in [2.45, 2.75) is 20.0 Å². The molecule has 2 heterocycles. The summed E-state index contributed by atoms with van der Waals surface area (Å²) in [6.07, 6.45) is 2.76. The summed E-state index contributed by atoms with van der Waals surface area (Å²) in [6, 6.07) is 7.56. The number of hydrogen-bond acceptors (Lipinski definition) is 4. The Bertz CT molecular complexity index is 1250. The molecule has 160 valence electrons. The summed E-state index contributed by atoms with van der Waals surface area (Å²) in [5, 5.41) is 17.1. The molecule has 0 radical (unpaired) electrons. The van der Waals surface area contributed by atoms with Crippen LogP contribution in [0.2, 0.25) is 10.0 Å². The van der Waals surface area contributed by atoms with Gasteiger partial charge in [0.2, 0.25) is 5.91 Å². The van der Waals surface area contributed by atoms with E-state index in [1.165, 1.54) is 16.8 Å². The zero-order valence-electron chi connectivity index (χ0n) is 16.4. The van der Waals surface area contributed by atoms with Crippen molar-refractivity contribution in [1.82, 2.24) is 14.3 Å². The number of carbonyl (C=O) groups is 2. The molecule has 0 unspecified atom stereocenters. The van der Waals surface area contributed by atoms with E-state index in [0.29, 0.717) is 28.6 Å². The van der Waals surface area contributed by atoms with Crippen LogP contribution in [-0.2, 0) is 17.9 Å². The third kappa shape index (κ3) is 4.70. The number of rotatable bonds is 7. The van der Waals surface area contributed by atoms with Crippen molar-refractivity contribution in [2.24, 2.45) is 0 Å². The summed E-state index contributed by atoms with van der Waals surface area (Å²) in [5.41, 5.74) is 0.211. The monoisotopic (exact) mass is 460 g/mol. The fourth-order valence-electron chi connectivity index (χ4n) is 3.20. The number of carboxylic acids is 1. The smallest absolute Gasteiger partial charge is 0.341 e. The summed E-state index contributed by atoms with van der Waals surface area (Å²) < 4.78 is 3.24. The third-order valence-electron chi connectivity index (χ3n) is 4.52. The second-order valence-corrected chi connectivity index (χ2v) is 7.31. The number of pyridine rings is 1. The van der Waals surface area contributed by atoms with Gasteiger partial charge in [-0.2, -0.15) is 5.10 Å². The summed E-state index contributed by atoms with van der Waals surface area (Å²) >= 11 is 12.1. The number of benzene rings is 1. The number of amides is 1. The van der Waals surface area contributed by atoms with Crippen molar-refractivity contribution >= 4 is 40.9 Å². The molecular formula is C21H18Cl2N4O4. The van der Waals surface area contributed by atoms with Crippen LogP contribution in [0.3, 0.4) is 0 Å². The average Bonchev–Trinajstić information content (AvgIpc) is 3.15. The Morgan fingerprint density at radius 1 is 1.23 bits per heavy atom. The quantitative estimate of drug-likeness (QED) is 0.519. The van der Waals surface area contributed by atoms with Crippen molar-refractivity contribution in [1.29, 1.82) is 0 Å². The molecule has 0 aliphatic carbocycles. The zero-order chi connectivity index (χ0) is 22.7. The van der Waals surface area contributed by atoms with Crippen molar-refractivity contribution in [3.8, 4) is 11.3 Å². The molecule has 8 nitrogen and oxygen atoms in total. The van der Waals surface area contributed by atoms with E-state index in [-0.39, 0.29) is 22.8 Å². The number of carbonyl (C=O) groups excluding carboxylic acids is 1. The predicted molar refractivity (Wildman–Crippen MR) is 119 cm³/mol. The number of aromatic nitrogens is 3. The molecule has 2 N–H and O–H groups in total. The number of nitrogens with one attached hydrogen (secondary N) is 1. The maximum Gasteiger partial charge on any atom is 0.341 e. The van der Waals surface area contributed by atoms with Gasteiger partial charge < -0.3 is 15.0 Å². The zero-order valence-corrected chi connectivity index (χ0v) is 17.9. The molecule has 2 aromatic heterocycles. The Balaban J connectivity index is 2.14. The van der Waals surface area contributed by atoms with Crippen molar-refractivity contribution in [2.75, 3.05) is 5.32 Å². The van der Waals surface area contributed by atoms with Gasteiger partial charge in [0, 0.05) is 36.1 Å². The lowest BCUT2D eigenvalue weighted by Gasteiger charge is -2.20. The first-order valence-electron chi connectivity index (χ1n) is 9.17. The Morgan fingerprint density at radius 2 is 1.97 bits per heavy atom. The highest BCUT2D eigenvalue weighted by Gasteiger charge is 2.22. The van der Waals surface area contributed by atoms with E-state index in [1.54, 1.807) is 29.0 Å². The number of hydrogen-bond donors (Lipinski definition) is 2. The minimum atomic E-state index is -1.34. The van der Waals surface area contributed by atoms with E-state index in [4.69, 9.17) is 23.2 Å². The molecule has 0 aliphatic rings. The molecule has 0 spiro atoms. The van der Waals surface area contributed by atoms with E-state index in [0.717, 1.165) is 6.08 Å². The third-order valence-corrected chi connectivity index (χ3v) is 5.26. The van der Waals surface area contributed by atoms with Gasteiger partial charge in [-0.15, -0.1) is 0 Å². The molecule has 0 bridgehead atoms. The lowest BCUT2D eigenvalue weighted by atomic mass is 10.0. The minimum absolute atomic E-state index is 0.168. The molecule has 0 fully saturated rings. The molecule has 1 amide bonds. The highest BCUT2D eigenvalue weighted by atomic mass is 35.5. The van der Waals surface area contributed by atoms with E-state index >= 15 is 0 Å². The minimum Gasteiger partial charge on any atom is -0.477 e. The van der Waals surface area contributed by atoms with Gasteiger partial charge in [0.15, 0.2) is 11.2 Å². The Morgan fingerprint density at radius 3 is 2.58 bits per heavy atom. The molecule has 3 aromatic rings. The van der Waals surface area contributed by atoms with E-state index in [9.17, 15) is 19.5 Å². The lowest BCUT2D eigenvalue weighted by Crippen LogP contribution is -2.24. The Kier molecular flexibility index (Phi) is 6.62. The first kappa shape index (κ1) is 22.3. The standard InChI is InChI=1S/C21H18Cl2N4O4/c1-3-18(29)24-17-7-8-26(25-17)11-13-10-16(28)19(21(30)31)20(27(13)4-2)12-5-6-14(22)15(23)9-12/h3,5-10H,1,4,11H2,2H3,(H,30,31)(H,24,25,29). The van der Waals surface area contributed by atoms with Crippen LogP contribution in [0.4, 0.5) is 5.82 Å². The highest BCUT2D eigenvalue weighted by Crippen LogP contribution is 2.30. The van der Waals surface area contributed by atoms with Gasteiger partial charge in [0.25, 0.3) is 0 Å². The van der Waals surface area contributed by atoms with Crippen molar-refractivity contribution < 1.29 is 14.7 Å². The fraction of sp³-hybridized carbons (Fsp3) is 0.143. The predicted octanol–water partition coefficient (Wildman–Crippen LogP) is 3.91. The first-order valence-corrected chi connectivity index (χ1v) is 9.93. The molecule has 0 aliphatic heterocycles. The van der Waals surface area contributed by atoms with Crippen LogP contribution in [0, 0.1) is 0 Å². The van der Waals surface area contributed by atoms with Crippen LogP contribution in [0.1, 0.15) is 23.0 Å². The van der Waals surface area contributed by atoms with Crippen LogP contribution in [0.25, 0.3) is 11.3 Å². The lowest BCUT2D eigenvalue weighted by molar-refractivity contribution is -0.111. The van der Waals surface area contributed by atoms with Gasteiger partial charge in [-0.25, -0.2) is 4.79 Å². The second-order valence-electron chi connectivity index (χ2n) is 6.49. The van der Waals surface area contributed by atoms with Gasteiger partial charge in [0.1, 0.15) is 5.56 Å². The van der Waals surface area contributed by atoms with Gasteiger partial charge in [-0.05, 0) is 25.1 Å². The Labute approximate surface area is 187 Å². The highest BCUT2D eigenvalue weighted by molar-refractivity contribution is 6.42. The number of aromatic carboxylic acids is 1.